The lowest BCUT2D eigenvalue weighted by atomic mass is 10.4. The van der Waals surface area contributed by atoms with Crippen molar-refractivity contribution in [3.63, 3.8) is 0 Å². The maximum Gasteiger partial charge on any atom is 0.0898 e. The molecule has 0 aliphatic carbocycles. The fourth-order valence-corrected chi connectivity index (χ4v) is 0.457. The Kier molecular flexibility index (Phi) is 6.45. The lowest BCUT2D eigenvalue weighted by Crippen LogP contribution is -1.84. The zero-order chi connectivity index (χ0) is 7.82. The van der Waals surface area contributed by atoms with Crippen LogP contribution in [0, 0.1) is 0 Å². The number of nitrogens with zero attached hydrogens (tertiary/aromatic N) is 2. The Labute approximate surface area is 69.9 Å². The van der Waals surface area contributed by atoms with Crippen LogP contribution in [0.25, 0.3) is 0 Å². The van der Waals surface area contributed by atoms with Crippen molar-refractivity contribution in [2.45, 2.75) is 19.9 Å². The third-order valence-electron chi connectivity index (χ3n) is 0.672. The molecule has 0 aromatic rings. The van der Waals surface area contributed by atoms with E-state index in [0.29, 0.717) is 6.54 Å². The first kappa shape index (κ1) is 9.60. The summed E-state index contributed by atoms with van der Waals surface area (Å²) in [6.07, 6.45) is 1.88. The van der Waals surface area contributed by atoms with Crippen LogP contribution in [0.1, 0.15) is 13.8 Å². The van der Waals surface area contributed by atoms with Gasteiger partial charge in [-0.25, -0.2) is 9.98 Å². The van der Waals surface area contributed by atoms with Crippen LogP contribution in [0.5, 0.6) is 0 Å². The highest BCUT2D eigenvalue weighted by atomic mass is 79.9. The van der Waals surface area contributed by atoms with Gasteiger partial charge in [-0.15, -0.1) is 0 Å². The molecular formula is C7H11BrN2. The SMILES string of the molecule is CC(C)N=C=NCC=CBr. The van der Waals surface area contributed by atoms with Crippen molar-refractivity contribution >= 4 is 21.9 Å². The first-order chi connectivity index (χ1) is 4.77. The predicted octanol–water partition coefficient (Wildman–Crippen LogP) is 2.48. The lowest BCUT2D eigenvalue weighted by molar-refractivity contribution is 0.841. The second-order valence-corrected chi connectivity index (χ2v) is 2.55. The van der Waals surface area contributed by atoms with Crippen molar-refractivity contribution in [1.29, 1.82) is 0 Å². The van der Waals surface area contributed by atoms with Crippen LogP contribution in [0.2, 0.25) is 0 Å². The van der Waals surface area contributed by atoms with Crippen molar-refractivity contribution < 1.29 is 0 Å². The van der Waals surface area contributed by atoms with Gasteiger partial charge in [0.1, 0.15) is 0 Å². The van der Waals surface area contributed by atoms with E-state index in [9.17, 15) is 0 Å². The normalized spacial score (nSPS) is 10.0. The summed E-state index contributed by atoms with van der Waals surface area (Å²) in [7, 11) is 0. The van der Waals surface area contributed by atoms with E-state index in [1.165, 1.54) is 0 Å². The third kappa shape index (κ3) is 7.60. The molecule has 0 atom stereocenters. The Morgan fingerprint density at radius 1 is 1.60 bits per heavy atom. The molecule has 0 spiro atoms. The molecule has 0 radical (unpaired) electrons. The van der Waals surface area contributed by atoms with Crippen molar-refractivity contribution in [2.24, 2.45) is 9.98 Å². The summed E-state index contributed by atoms with van der Waals surface area (Å²) in [5.74, 6) is 0. The molecule has 0 aromatic heterocycles. The fraction of sp³-hybridized carbons (Fsp3) is 0.571. The summed E-state index contributed by atoms with van der Waals surface area (Å²) in [4.78, 5) is 9.57. The fourth-order valence-electron chi connectivity index (χ4n) is 0.290. The second-order valence-electron chi connectivity index (χ2n) is 2.03. The monoisotopic (exact) mass is 202 g/mol. The van der Waals surface area contributed by atoms with Gasteiger partial charge in [0.05, 0.1) is 18.6 Å². The van der Waals surface area contributed by atoms with E-state index in [-0.39, 0.29) is 6.04 Å². The number of halogens is 1. The maximum atomic E-state index is 3.93. The van der Waals surface area contributed by atoms with E-state index in [2.05, 4.69) is 31.9 Å². The second kappa shape index (κ2) is 6.72. The molecule has 0 aliphatic heterocycles. The molecule has 0 aromatic carbocycles. The molecule has 56 valence electrons. The summed E-state index contributed by atoms with van der Waals surface area (Å²) in [5, 5.41) is 0. The minimum atomic E-state index is 0.289. The standard InChI is InChI=1S/C7H11BrN2/c1-7(2)10-6-9-5-3-4-8/h3-4,7H,5H2,1-2H3. The van der Waals surface area contributed by atoms with Gasteiger partial charge in [-0.2, -0.15) is 0 Å². The van der Waals surface area contributed by atoms with Gasteiger partial charge in [0.2, 0.25) is 0 Å². The molecule has 0 N–H and O–H groups in total. The molecule has 10 heavy (non-hydrogen) atoms. The quantitative estimate of drug-likeness (QED) is 0.629. The predicted molar refractivity (Wildman–Crippen MR) is 47.9 cm³/mol. The van der Waals surface area contributed by atoms with E-state index in [1.807, 2.05) is 19.9 Å². The smallest absolute Gasteiger partial charge is 0.0898 e. The van der Waals surface area contributed by atoms with Crippen molar-refractivity contribution in [1.82, 2.24) is 0 Å². The average molecular weight is 203 g/mol. The highest BCUT2D eigenvalue weighted by molar-refractivity contribution is 9.11. The number of aliphatic imine (C=N–C) groups is 2. The number of hydrogen-bond donors (Lipinski definition) is 0. The highest BCUT2D eigenvalue weighted by Crippen LogP contribution is 1.83. The first-order valence-electron chi connectivity index (χ1n) is 3.14. The molecule has 0 fully saturated rings. The maximum absolute atomic E-state index is 3.93. The molecule has 0 unspecified atom stereocenters. The minimum Gasteiger partial charge on any atom is -0.223 e. The van der Waals surface area contributed by atoms with E-state index < -0.39 is 0 Å². The Morgan fingerprint density at radius 3 is 2.80 bits per heavy atom. The van der Waals surface area contributed by atoms with Gasteiger partial charge in [0.25, 0.3) is 0 Å². The molecule has 3 heteroatoms. The summed E-state index contributed by atoms with van der Waals surface area (Å²) < 4.78 is 0. The van der Waals surface area contributed by atoms with Crippen LogP contribution in [-0.2, 0) is 0 Å². The van der Waals surface area contributed by atoms with E-state index in [4.69, 9.17) is 0 Å². The van der Waals surface area contributed by atoms with E-state index >= 15 is 0 Å². The molecule has 2 nitrogen and oxygen atoms in total. The zero-order valence-electron chi connectivity index (χ0n) is 6.21. The molecule has 0 aliphatic rings. The van der Waals surface area contributed by atoms with Crippen molar-refractivity contribution in [2.75, 3.05) is 6.54 Å². The van der Waals surface area contributed by atoms with Gasteiger partial charge in [0.15, 0.2) is 0 Å². The zero-order valence-corrected chi connectivity index (χ0v) is 7.80. The summed E-state index contributed by atoms with van der Waals surface area (Å²) in [6.45, 7) is 4.62. The van der Waals surface area contributed by atoms with Crippen LogP contribution >= 0.6 is 15.9 Å². The number of rotatable bonds is 3. The van der Waals surface area contributed by atoms with Crippen LogP contribution in [0.4, 0.5) is 0 Å². The molecule has 0 amide bonds. The molecular weight excluding hydrogens is 192 g/mol. The molecule has 0 heterocycles. The Bertz CT molecular complexity index is 155. The molecule has 0 bridgehead atoms. The number of hydrogen-bond acceptors (Lipinski definition) is 2. The van der Waals surface area contributed by atoms with Gasteiger partial charge in [-0.3, -0.25) is 0 Å². The van der Waals surface area contributed by atoms with Gasteiger partial charge in [-0.1, -0.05) is 22.0 Å². The average Bonchev–Trinajstić information content (AvgIpc) is 1.87. The lowest BCUT2D eigenvalue weighted by Gasteiger charge is -1.85. The summed E-state index contributed by atoms with van der Waals surface area (Å²) >= 11 is 3.13. The van der Waals surface area contributed by atoms with Gasteiger partial charge < -0.3 is 0 Å². The van der Waals surface area contributed by atoms with E-state index in [1.54, 1.807) is 4.99 Å². The highest BCUT2D eigenvalue weighted by Gasteiger charge is 1.79. The first-order valence-corrected chi connectivity index (χ1v) is 4.05. The Hall–Kier alpha value is -0.400. The molecule has 0 saturated carbocycles. The van der Waals surface area contributed by atoms with Gasteiger partial charge >= 0.3 is 0 Å². The Balaban J connectivity index is 3.54. The van der Waals surface area contributed by atoms with Crippen LogP contribution < -0.4 is 0 Å². The molecule has 0 saturated heterocycles. The largest absolute Gasteiger partial charge is 0.223 e. The molecule has 0 rings (SSSR count). The van der Waals surface area contributed by atoms with Crippen LogP contribution in [-0.4, -0.2) is 18.6 Å². The van der Waals surface area contributed by atoms with E-state index in [0.717, 1.165) is 0 Å². The summed E-state index contributed by atoms with van der Waals surface area (Å²) in [6, 6.07) is 2.89. The van der Waals surface area contributed by atoms with Gasteiger partial charge in [0, 0.05) is 0 Å². The van der Waals surface area contributed by atoms with Gasteiger partial charge in [-0.05, 0) is 18.8 Å². The van der Waals surface area contributed by atoms with Crippen molar-refractivity contribution in [3.05, 3.63) is 11.1 Å². The third-order valence-corrected chi connectivity index (χ3v) is 1.05. The van der Waals surface area contributed by atoms with Crippen LogP contribution in [0.15, 0.2) is 21.0 Å². The van der Waals surface area contributed by atoms with Crippen LogP contribution in [0.3, 0.4) is 0 Å². The Morgan fingerprint density at radius 2 is 2.30 bits per heavy atom. The van der Waals surface area contributed by atoms with Crippen molar-refractivity contribution in [3.8, 4) is 0 Å². The minimum absolute atomic E-state index is 0.289. The summed E-state index contributed by atoms with van der Waals surface area (Å²) in [5.41, 5.74) is 0. The topological polar surface area (TPSA) is 24.7 Å².